The Hall–Kier alpha value is -1.79. The molecule has 0 saturated carbocycles. The maximum absolute atomic E-state index is 12.1. The SMILES string of the molecule is COc1cc(/C=C/C(=O)c2ccc(Br)s2)cc(OC)c1OC. The zero-order valence-corrected chi connectivity index (χ0v) is 14.8. The van der Waals surface area contributed by atoms with E-state index < -0.39 is 0 Å². The lowest BCUT2D eigenvalue weighted by molar-refractivity contribution is 0.105. The number of ketones is 1. The molecule has 0 spiro atoms. The molecule has 0 amide bonds. The third-order valence-corrected chi connectivity index (χ3v) is 4.57. The number of rotatable bonds is 6. The van der Waals surface area contributed by atoms with Gasteiger partial charge in [-0.1, -0.05) is 6.08 Å². The Balaban J connectivity index is 2.29. The molecule has 2 aromatic rings. The van der Waals surface area contributed by atoms with E-state index in [9.17, 15) is 4.79 Å². The first-order valence-corrected chi connectivity index (χ1v) is 7.97. The van der Waals surface area contributed by atoms with Crippen LogP contribution in [0, 0.1) is 0 Å². The molecule has 0 aliphatic rings. The molecule has 6 heteroatoms. The highest BCUT2D eigenvalue weighted by molar-refractivity contribution is 9.11. The van der Waals surface area contributed by atoms with Crippen LogP contribution in [0.25, 0.3) is 6.08 Å². The second-order valence-electron chi connectivity index (χ2n) is 4.26. The Kier molecular flexibility index (Phi) is 5.63. The molecule has 0 N–H and O–H groups in total. The number of methoxy groups -OCH3 is 3. The lowest BCUT2D eigenvalue weighted by Gasteiger charge is -2.12. The maximum Gasteiger partial charge on any atom is 0.203 e. The van der Waals surface area contributed by atoms with Gasteiger partial charge in [-0.3, -0.25) is 4.79 Å². The molecule has 0 fully saturated rings. The van der Waals surface area contributed by atoms with Gasteiger partial charge in [-0.25, -0.2) is 0 Å². The van der Waals surface area contributed by atoms with Gasteiger partial charge in [0.05, 0.1) is 30.0 Å². The zero-order chi connectivity index (χ0) is 16.1. The fraction of sp³-hybridized carbons (Fsp3) is 0.188. The van der Waals surface area contributed by atoms with Gasteiger partial charge in [-0.05, 0) is 51.8 Å². The molecular formula is C16H15BrO4S. The van der Waals surface area contributed by atoms with Crippen molar-refractivity contribution in [2.45, 2.75) is 0 Å². The Morgan fingerprint density at radius 1 is 1.09 bits per heavy atom. The van der Waals surface area contributed by atoms with E-state index in [-0.39, 0.29) is 5.78 Å². The van der Waals surface area contributed by atoms with Crippen molar-refractivity contribution in [1.82, 2.24) is 0 Å². The summed E-state index contributed by atoms with van der Waals surface area (Å²) in [6.07, 6.45) is 3.25. The molecule has 22 heavy (non-hydrogen) atoms. The van der Waals surface area contributed by atoms with Gasteiger partial charge >= 0.3 is 0 Å². The highest BCUT2D eigenvalue weighted by Gasteiger charge is 2.12. The predicted molar refractivity (Wildman–Crippen MR) is 91.5 cm³/mol. The molecular weight excluding hydrogens is 368 g/mol. The summed E-state index contributed by atoms with van der Waals surface area (Å²) in [5, 5.41) is 0. The van der Waals surface area contributed by atoms with E-state index in [4.69, 9.17) is 14.2 Å². The van der Waals surface area contributed by atoms with Crippen LogP contribution in [-0.4, -0.2) is 27.1 Å². The number of hydrogen-bond acceptors (Lipinski definition) is 5. The summed E-state index contributed by atoms with van der Waals surface area (Å²) in [4.78, 5) is 12.8. The van der Waals surface area contributed by atoms with Gasteiger partial charge in [-0.15, -0.1) is 11.3 Å². The van der Waals surface area contributed by atoms with Gasteiger partial charge in [0.25, 0.3) is 0 Å². The minimum Gasteiger partial charge on any atom is -0.493 e. The molecule has 0 aliphatic carbocycles. The molecule has 1 aromatic heterocycles. The summed E-state index contributed by atoms with van der Waals surface area (Å²) in [5.74, 6) is 1.57. The van der Waals surface area contributed by atoms with Gasteiger partial charge in [0.2, 0.25) is 5.75 Å². The number of ether oxygens (including phenoxy) is 3. The minimum absolute atomic E-state index is 0.0514. The summed E-state index contributed by atoms with van der Waals surface area (Å²) in [7, 11) is 4.66. The molecule has 0 unspecified atom stereocenters. The van der Waals surface area contributed by atoms with E-state index in [1.54, 1.807) is 45.6 Å². The van der Waals surface area contributed by atoms with Crippen LogP contribution in [0.15, 0.2) is 34.1 Å². The van der Waals surface area contributed by atoms with Gasteiger partial charge < -0.3 is 14.2 Å². The second-order valence-corrected chi connectivity index (χ2v) is 6.72. The zero-order valence-electron chi connectivity index (χ0n) is 12.4. The first-order chi connectivity index (χ1) is 10.6. The maximum atomic E-state index is 12.1. The van der Waals surface area contributed by atoms with Crippen LogP contribution in [-0.2, 0) is 0 Å². The molecule has 0 bridgehead atoms. The van der Waals surface area contributed by atoms with Crippen LogP contribution >= 0.6 is 27.3 Å². The van der Waals surface area contributed by atoms with E-state index in [0.717, 1.165) is 9.35 Å². The summed E-state index contributed by atoms with van der Waals surface area (Å²) in [6, 6.07) is 7.22. The minimum atomic E-state index is -0.0514. The molecule has 116 valence electrons. The van der Waals surface area contributed by atoms with Crippen LogP contribution in [0.1, 0.15) is 15.2 Å². The van der Waals surface area contributed by atoms with Crippen molar-refractivity contribution in [1.29, 1.82) is 0 Å². The quantitative estimate of drug-likeness (QED) is 0.547. The molecule has 0 aliphatic heterocycles. The molecule has 1 aromatic carbocycles. The topological polar surface area (TPSA) is 44.8 Å². The number of allylic oxidation sites excluding steroid dienone is 1. The smallest absolute Gasteiger partial charge is 0.203 e. The van der Waals surface area contributed by atoms with Crippen LogP contribution < -0.4 is 14.2 Å². The predicted octanol–water partition coefficient (Wildman–Crippen LogP) is 4.43. The van der Waals surface area contributed by atoms with E-state index >= 15 is 0 Å². The molecule has 0 radical (unpaired) electrons. The largest absolute Gasteiger partial charge is 0.493 e. The van der Waals surface area contributed by atoms with E-state index in [2.05, 4.69) is 15.9 Å². The Labute approximate surface area is 141 Å². The van der Waals surface area contributed by atoms with Crippen LogP contribution in [0.5, 0.6) is 17.2 Å². The number of carbonyl (C=O) groups excluding carboxylic acids is 1. The van der Waals surface area contributed by atoms with Crippen molar-refractivity contribution in [3.63, 3.8) is 0 Å². The van der Waals surface area contributed by atoms with Crippen molar-refractivity contribution in [2.24, 2.45) is 0 Å². The summed E-state index contributed by atoms with van der Waals surface area (Å²) < 4.78 is 16.8. The molecule has 1 heterocycles. The molecule has 0 atom stereocenters. The van der Waals surface area contributed by atoms with Crippen molar-refractivity contribution in [3.8, 4) is 17.2 Å². The average molecular weight is 383 g/mol. The Morgan fingerprint density at radius 2 is 1.73 bits per heavy atom. The van der Waals surface area contributed by atoms with Crippen LogP contribution in [0.4, 0.5) is 0 Å². The fourth-order valence-electron chi connectivity index (χ4n) is 1.90. The van der Waals surface area contributed by atoms with Gasteiger partial charge in [0.15, 0.2) is 17.3 Å². The number of halogens is 1. The number of thiophene rings is 1. The van der Waals surface area contributed by atoms with Gasteiger partial charge in [0.1, 0.15) is 0 Å². The Morgan fingerprint density at radius 3 is 2.18 bits per heavy atom. The highest BCUT2D eigenvalue weighted by Crippen LogP contribution is 2.38. The van der Waals surface area contributed by atoms with E-state index in [1.165, 1.54) is 17.4 Å². The van der Waals surface area contributed by atoms with Crippen molar-refractivity contribution in [2.75, 3.05) is 21.3 Å². The average Bonchev–Trinajstić information content (AvgIpc) is 2.97. The summed E-state index contributed by atoms with van der Waals surface area (Å²) in [5.41, 5.74) is 0.790. The molecule has 0 saturated heterocycles. The van der Waals surface area contributed by atoms with Crippen molar-refractivity contribution >= 4 is 39.1 Å². The first-order valence-electron chi connectivity index (χ1n) is 6.36. The summed E-state index contributed by atoms with van der Waals surface area (Å²) >= 11 is 4.74. The normalized spacial score (nSPS) is 10.7. The summed E-state index contributed by atoms with van der Waals surface area (Å²) in [6.45, 7) is 0. The van der Waals surface area contributed by atoms with Gasteiger partial charge in [-0.2, -0.15) is 0 Å². The highest BCUT2D eigenvalue weighted by atomic mass is 79.9. The van der Waals surface area contributed by atoms with Crippen LogP contribution in [0.3, 0.4) is 0 Å². The molecule has 4 nitrogen and oxygen atoms in total. The number of hydrogen-bond donors (Lipinski definition) is 0. The van der Waals surface area contributed by atoms with Gasteiger partial charge in [0, 0.05) is 0 Å². The first kappa shape index (κ1) is 16.6. The number of benzene rings is 1. The monoisotopic (exact) mass is 382 g/mol. The van der Waals surface area contributed by atoms with Crippen LogP contribution in [0.2, 0.25) is 0 Å². The van der Waals surface area contributed by atoms with Crippen molar-refractivity contribution < 1.29 is 19.0 Å². The van der Waals surface area contributed by atoms with E-state index in [0.29, 0.717) is 22.1 Å². The van der Waals surface area contributed by atoms with E-state index in [1.807, 2.05) is 6.07 Å². The lowest BCUT2D eigenvalue weighted by atomic mass is 10.1. The fourth-order valence-corrected chi connectivity index (χ4v) is 3.20. The standard InChI is InChI=1S/C16H15BrO4S/c1-19-12-8-10(9-13(20-2)16(12)21-3)4-5-11(18)14-6-7-15(17)22-14/h4-9H,1-3H3/b5-4+. The lowest BCUT2D eigenvalue weighted by Crippen LogP contribution is -1.96. The van der Waals surface area contributed by atoms with Crippen molar-refractivity contribution in [3.05, 3.63) is 44.6 Å². The third-order valence-electron chi connectivity index (χ3n) is 2.93. The number of carbonyl (C=O) groups is 1. The second kappa shape index (κ2) is 7.47. The Bertz CT molecular complexity index is 681. The third kappa shape index (κ3) is 3.69. The molecule has 2 rings (SSSR count).